The normalized spacial score (nSPS) is 11.9. The maximum atomic E-state index is 14.0. The van der Waals surface area contributed by atoms with E-state index < -0.39 is 29.1 Å². The number of alkyl halides is 5. The summed E-state index contributed by atoms with van der Waals surface area (Å²) in [4.78, 5) is 11.7. The van der Waals surface area contributed by atoms with E-state index in [1.807, 2.05) is 0 Å². The molecule has 0 saturated heterocycles. The standard InChI is InChI=1S/C25H22F5NO3/c1-15-5-3-6-17(22(15)23(31)32)14-34-20-8-4-7-19(12-20)33-13-16-9-10-18(25(28,29)30)11-21(16)24(2,26)27/h3-12H,13-14H2,1-2H3,(H2,31,32). The van der Waals surface area contributed by atoms with Crippen LogP contribution < -0.4 is 15.2 Å². The molecular weight excluding hydrogens is 457 g/mol. The SMILES string of the molecule is Cc1cccc(COc2cccc(OCc3ccc(C(F)(F)F)cc3C(C)(F)F)c2)c1C(N)=O. The van der Waals surface area contributed by atoms with E-state index in [0.717, 1.165) is 12.1 Å². The lowest BCUT2D eigenvalue weighted by atomic mass is 9.99. The van der Waals surface area contributed by atoms with Gasteiger partial charge in [-0.25, -0.2) is 8.78 Å². The largest absolute Gasteiger partial charge is 0.489 e. The number of aryl methyl sites for hydroxylation is 1. The number of carbonyl (C=O) groups is 1. The summed E-state index contributed by atoms with van der Waals surface area (Å²) in [7, 11) is 0. The Hall–Kier alpha value is -3.62. The summed E-state index contributed by atoms with van der Waals surface area (Å²) in [5.74, 6) is -3.42. The molecule has 0 spiro atoms. The second-order valence-corrected chi connectivity index (χ2v) is 7.78. The minimum atomic E-state index is -4.74. The molecule has 0 aromatic heterocycles. The van der Waals surface area contributed by atoms with Gasteiger partial charge in [0.05, 0.1) is 5.56 Å². The fourth-order valence-electron chi connectivity index (χ4n) is 3.46. The average molecular weight is 479 g/mol. The third-order valence-electron chi connectivity index (χ3n) is 5.11. The number of amides is 1. The van der Waals surface area contributed by atoms with Crippen molar-refractivity contribution in [2.75, 3.05) is 0 Å². The van der Waals surface area contributed by atoms with Gasteiger partial charge in [-0.15, -0.1) is 0 Å². The van der Waals surface area contributed by atoms with Gasteiger partial charge >= 0.3 is 6.18 Å². The van der Waals surface area contributed by atoms with Gasteiger partial charge in [-0.3, -0.25) is 4.79 Å². The quantitative estimate of drug-likeness (QED) is 0.381. The molecule has 3 rings (SSSR count). The second kappa shape index (κ2) is 9.70. The molecule has 3 aromatic carbocycles. The van der Waals surface area contributed by atoms with Gasteiger partial charge in [0.2, 0.25) is 5.91 Å². The highest BCUT2D eigenvalue weighted by molar-refractivity contribution is 5.95. The van der Waals surface area contributed by atoms with Crippen LogP contribution in [0.25, 0.3) is 0 Å². The van der Waals surface area contributed by atoms with E-state index in [9.17, 15) is 26.7 Å². The predicted octanol–water partition coefficient (Wildman–Crippen LogP) is 6.38. The number of carbonyl (C=O) groups excluding carboxylic acids is 1. The first-order valence-electron chi connectivity index (χ1n) is 10.2. The molecule has 0 radical (unpaired) electrons. The molecule has 2 N–H and O–H groups in total. The Balaban J connectivity index is 1.75. The zero-order chi connectivity index (χ0) is 25.1. The van der Waals surface area contributed by atoms with Crippen molar-refractivity contribution in [1.82, 2.24) is 0 Å². The van der Waals surface area contributed by atoms with Crippen LogP contribution in [0.2, 0.25) is 0 Å². The Morgan fingerprint density at radius 3 is 2.00 bits per heavy atom. The summed E-state index contributed by atoms with van der Waals surface area (Å²) in [6, 6.07) is 13.7. The number of benzene rings is 3. The number of primary amides is 1. The summed E-state index contributed by atoms with van der Waals surface area (Å²) in [6.07, 6.45) is -4.74. The molecule has 0 bridgehead atoms. The molecular formula is C25H22F5NO3. The molecule has 0 unspecified atom stereocenters. The number of hydrogen-bond donors (Lipinski definition) is 1. The van der Waals surface area contributed by atoms with E-state index in [1.54, 1.807) is 43.3 Å². The van der Waals surface area contributed by atoms with Crippen LogP contribution in [0, 0.1) is 6.92 Å². The van der Waals surface area contributed by atoms with Crippen molar-refractivity contribution in [2.24, 2.45) is 5.73 Å². The van der Waals surface area contributed by atoms with Crippen LogP contribution in [-0.4, -0.2) is 5.91 Å². The van der Waals surface area contributed by atoms with Crippen LogP contribution in [0.15, 0.2) is 60.7 Å². The molecule has 4 nitrogen and oxygen atoms in total. The van der Waals surface area contributed by atoms with Crippen LogP contribution in [0.4, 0.5) is 22.0 Å². The van der Waals surface area contributed by atoms with Gasteiger partial charge in [-0.05, 0) is 42.3 Å². The first-order valence-corrected chi connectivity index (χ1v) is 10.2. The average Bonchev–Trinajstić information content (AvgIpc) is 2.75. The van der Waals surface area contributed by atoms with Crippen LogP contribution in [0.5, 0.6) is 11.5 Å². The summed E-state index contributed by atoms with van der Waals surface area (Å²) in [5, 5.41) is 0. The van der Waals surface area contributed by atoms with Gasteiger partial charge in [-0.1, -0.05) is 30.3 Å². The second-order valence-electron chi connectivity index (χ2n) is 7.78. The monoisotopic (exact) mass is 479 g/mol. The maximum absolute atomic E-state index is 14.0. The Bertz CT molecular complexity index is 1190. The Morgan fingerprint density at radius 2 is 1.44 bits per heavy atom. The van der Waals surface area contributed by atoms with E-state index in [1.165, 1.54) is 6.07 Å². The number of rotatable bonds is 8. The van der Waals surface area contributed by atoms with Crippen molar-refractivity contribution in [3.63, 3.8) is 0 Å². The van der Waals surface area contributed by atoms with Crippen LogP contribution >= 0.6 is 0 Å². The molecule has 34 heavy (non-hydrogen) atoms. The third-order valence-corrected chi connectivity index (χ3v) is 5.11. The molecule has 1 amide bonds. The smallest absolute Gasteiger partial charge is 0.416 e. The van der Waals surface area contributed by atoms with Crippen molar-refractivity contribution in [1.29, 1.82) is 0 Å². The van der Waals surface area contributed by atoms with Gasteiger partial charge < -0.3 is 15.2 Å². The topological polar surface area (TPSA) is 61.6 Å². The van der Waals surface area contributed by atoms with Crippen molar-refractivity contribution in [3.05, 3.63) is 94.0 Å². The molecule has 0 fully saturated rings. The van der Waals surface area contributed by atoms with Crippen molar-refractivity contribution in [3.8, 4) is 11.5 Å². The Labute approximate surface area is 193 Å². The lowest BCUT2D eigenvalue weighted by Crippen LogP contribution is -2.16. The molecule has 0 aliphatic rings. The van der Waals surface area contributed by atoms with Gasteiger partial charge in [-0.2, -0.15) is 13.2 Å². The van der Waals surface area contributed by atoms with E-state index in [0.29, 0.717) is 35.4 Å². The predicted molar refractivity (Wildman–Crippen MR) is 116 cm³/mol. The van der Waals surface area contributed by atoms with Crippen molar-refractivity contribution < 1.29 is 36.2 Å². The number of hydrogen-bond acceptors (Lipinski definition) is 3. The van der Waals surface area contributed by atoms with Crippen molar-refractivity contribution >= 4 is 5.91 Å². The number of ether oxygens (including phenoxy) is 2. The molecule has 0 aliphatic heterocycles. The fourth-order valence-corrected chi connectivity index (χ4v) is 3.46. The zero-order valence-electron chi connectivity index (χ0n) is 18.4. The maximum Gasteiger partial charge on any atom is 0.416 e. The van der Waals surface area contributed by atoms with Gasteiger partial charge in [0.25, 0.3) is 5.92 Å². The number of nitrogens with two attached hydrogens (primary N) is 1. The summed E-state index contributed by atoms with van der Waals surface area (Å²) >= 11 is 0. The Morgan fingerprint density at radius 1 is 0.853 bits per heavy atom. The molecule has 180 valence electrons. The molecule has 0 heterocycles. The molecule has 9 heteroatoms. The lowest BCUT2D eigenvalue weighted by molar-refractivity contribution is -0.137. The molecule has 0 atom stereocenters. The highest BCUT2D eigenvalue weighted by Crippen LogP contribution is 2.36. The minimum absolute atomic E-state index is 0.0501. The summed E-state index contributed by atoms with van der Waals surface area (Å²) < 4.78 is 78.1. The van der Waals surface area contributed by atoms with E-state index in [-0.39, 0.29) is 24.5 Å². The van der Waals surface area contributed by atoms with Crippen molar-refractivity contribution in [2.45, 2.75) is 39.2 Å². The first-order chi connectivity index (χ1) is 15.9. The van der Waals surface area contributed by atoms with Gasteiger partial charge in [0, 0.05) is 29.7 Å². The molecule has 0 saturated carbocycles. The van der Waals surface area contributed by atoms with Crippen LogP contribution in [0.1, 0.15) is 45.1 Å². The third kappa shape index (κ3) is 6.03. The fraction of sp³-hybridized carbons (Fsp3) is 0.240. The van der Waals surface area contributed by atoms with E-state index in [4.69, 9.17) is 15.2 Å². The van der Waals surface area contributed by atoms with Crippen LogP contribution in [0.3, 0.4) is 0 Å². The molecule has 3 aromatic rings. The summed E-state index contributed by atoms with van der Waals surface area (Å²) in [6.45, 7) is 1.97. The van der Waals surface area contributed by atoms with E-state index in [2.05, 4.69) is 0 Å². The highest BCUT2D eigenvalue weighted by Gasteiger charge is 2.35. The Kier molecular flexibility index (Phi) is 7.14. The lowest BCUT2D eigenvalue weighted by Gasteiger charge is -2.19. The van der Waals surface area contributed by atoms with Gasteiger partial charge in [0.1, 0.15) is 24.7 Å². The summed E-state index contributed by atoms with van der Waals surface area (Å²) in [5.41, 5.74) is 5.14. The van der Waals surface area contributed by atoms with E-state index >= 15 is 0 Å². The highest BCUT2D eigenvalue weighted by atomic mass is 19.4. The van der Waals surface area contributed by atoms with Gasteiger partial charge in [0.15, 0.2) is 0 Å². The molecule has 0 aliphatic carbocycles. The minimum Gasteiger partial charge on any atom is -0.489 e. The van der Waals surface area contributed by atoms with Crippen LogP contribution in [-0.2, 0) is 25.3 Å². The first kappa shape index (κ1) is 25.0. The number of halogens is 5. The zero-order valence-corrected chi connectivity index (χ0v) is 18.4.